The van der Waals surface area contributed by atoms with Gasteiger partial charge in [0.1, 0.15) is 17.3 Å². The van der Waals surface area contributed by atoms with Gasteiger partial charge in [-0.2, -0.15) is 30.0 Å². The Morgan fingerprint density at radius 1 is 0.800 bits per heavy atom. The van der Waals surface area contributed by atoms with Gasteiger partial charge in [-0.3, -0.25) is 4.79 Å². The molecule has 0 unspecified atom stereocenters. The molecule has 3 aromatic rings. The largest absolute Gasteiger partial charge is 0.496 e. The third-order valence-corrected chi connectivity index (χ3v) is 6.00. The van der Waals surface area contributed by atoms with Crippen LogP contribution in [-0.4, -0.2) is 55.7 Å². The van der Waals surface area contributed by atoms with Crippen LogP contribution in [-0.2, 0) is 25.0 Å². The van der Waals surface area contributed by atoms with Crippen molar-refractivity contribution >= 4 is 31.8 Å². The maximum Gasteiger partial charge on any atom is 0.471 e. The van der Waals surface area contributed by atoms with Crippen molar-refractivity contribution in [3.63, 3.8) is 0 Å². The van der Waals surface area contributed by atoms with Gasteiger partial charge in [-0.1, -0.05) is 18.2 Å². The monoisotopic (exact) mass is 607 g/mol. The van der Waals surface area contributed by atoms with Crippen molar-refractivity contribution in [1.82, 2.24) is 0 Å². The lowest BCUT2D eigenvalue weighted by molar-refractivity contribution is -0.167. The molecule has 0 aliphatic carbocycles. The minimum Gasteiger partial charge on any atom is -0.496 e. The molecule has 3 aromatic carbocycles. The normalized spacial score (nSPS) is 12.0. The predicted octanol–water partition coefficient (Wildman–Crippen LogP) is 4.35. The van der Waals surface area contributed by atoms with E-state index in [1.807, 2.05) is 0 Å². The summed E-state index contributed by atoms with van der Waals surface area (Å²) in [7, 11) is -5.63. The van der Waals surface area contributed by atoms with Crippen molar-refractivity contribution in [2.45, 2.75) is 6.18 Å². The van der Waals surface area contributed by atoms with Gasteiger partial charge in [0.2, 0.25) is 0 Å². The molecule has 1 amide bonds. The summed E-state index contributed by atoms with van der Waals surface area (Å²) in [5.74, 6) is -4.33. The summed E-state index contributed by atoms with van der Waals surface area (Å²) in [5.41, 5.74) is -0.437. The predicted molar refractivity (Wildman–Crippen MR) is 136 cm³/mol. The van der Waals surface area contributed by atoms with E-state index in [0.717, 1.165) is 30.7 Å². The average molecular weight is 608 g/mol. The van der Waals surface area contributed by atoms with Gasteiger partial charge in [-0.25, -0.2) is 4.39 Å². The van der Waals surface area contributed by atoms with Crippen LogP contribution in [0, 0.1) is 5.82 Å². The van der Waals surface area contributed by atoms with Crippen LogP contribution in [0.15, 0.2) is 48.5 Å². The number of methoxy groups -OCH3 is 2. The summed E-state index contributed by atoms with van der Waals surface area (Å²) in [6.07, 6.45) is -3.66. The molecule has 216 valence electrons. The van der Waals surface area contributed by atoms with Crippen molar-refractivity contribution in [2.24, 2.45) is 0 Å². The number of alkyl halides is 3. The van der Waals surface area contributed by atoms with Gasteiger partial charge in [0.25, 0.3) is 0 Å². The number of benzene rings is 3. The first kappa shape index (κ1) is 30.5. The highest BCUT2D eigenvalue weighted by molar-refractivity contribution is 7.86. The van der Waals surface area contributed by atoms with Crippen molar-refractivity contribution in [3.8, 4) is 45.3 Å². The second-order valence-electron chi connectivity index (χ2n) is 8.11. The Hall–Kier alpha value is -4.05. The molecule has 0 atom stereocenters. The Kier molecular flexibility index (Phi) is 8.54. The number of hydrogen-bond acceptors (Lipinski definition) is 9. The van der Waals surface area contributed by atoms with Crippen molar-refractivity contribution < 1.29 is 57.0 Å². The fourth-order valence-electron chi connectivity index (χ4n) is 3.53. The van der Waals surface area contributed by atoms with Gasteiger partial charge in [0.15, 0.2) is 11.5 Å². The molecule has 0 heterocycles. The molecule has 0 saturated carbocycles. The van der Waals surface area contributed by atoms with E-state index in [4.69, 9.17) is 17.8 Å². The number of halogens is 4. The summed E-state index contributed by atoms with van der Waals surface area (Å²) < 4.78 is 121. The van der Waals surface area contributed by atoms with Gasteiger partial charge in [-0.05, 0) is 41.5 Å². The van der Waals surface area contributed by atoms with Crippen LogP contribution in [0.5, 0.6) is 23.0 Å². The molecule has 40 heavy (non-hydrogen) atoms. The van der Waals surface area contributed by atoms with Gasteiger partial charge in [0, 0.05) is 5.56 Å². The molecule has 10 nitrogen and oxygen atoms in total. The Bertz CT molecular complexity index is 1660. The van der Waals surface area contributed by atoms with Crippen molar-refractivity contribution in [1.29, 1.82) is 0 Å². The molecule has 0 bridgehead atoms. The second kappa shape index (κ2) is 11.2. The van der Waals surface area contributed by atoms with Gasteiger partial charge in [0.05, 0.1) is 38.0 Å². The Morgan fingerprint density at radius 2 is 1.38 bits per heavy atom. The Balaban J connectivity index is 2.23. The molecule has 0 fully saturated rings. The number of nitrogens with one attached hydrogen (secondary N) is 1. The van der Waals surface area contributed by atoms with E-state index >= 15 is 0 Å². The molecule has 0 aromatic heterocycles. The minimum atomic E-state index is -5.26. The lowest BCUT2D eigenvalue weighted by Gasteiger charge is -2.21. The zero-order chi connectivity index (χ0) is 30.0. The zero-order valence-corrected chi connectivity index (χ0v) is 22.8. The zero-order valence-electron chi connectivity index (χ0n) is 21.1. The van der Waals surface area contributed by atoms with Gasteiger partial charge in [-0.15, -0.1) is 0 Å². The van der Waals surface area contributed by atoms with Crippen LogP contribution in [0.3, 0.4) is 0 Å². The fraction of sp³-hybridized carbons (Fsp3) is 0.208. The highest BCUT2D eigenvalue weighted by Gasteiger charge is 2.39. The third kappa shape index (κ3) is 7.32. The molecule has 0 radical (unpaired) electrons. The van der Waals surface area contributed by atoms with Crippen LogP contribution in [0.25, 0.3) is 22.3 Å². The molecule has 0 saturated heterocycles. The minimum absolute atomic E-state index is 0.00501. The number of amides is 1. The summed E-state index contributed by atoms with van der Waals surface area (Å²) >= 11 is 0. The standard InChI is InChI=1S/C24H21F4NO9S2/c1-35-19-12-16(13-5-8-15(9-6-13)37-39(3,31)32)21(36-2)22(38-40(4,33)34)20(19)14-7-10-18(17(25)11-14)29-23(30)24(26,27)28/h5-12H,1-4H3,(H,29,30). The third-order valence-electron chi connectivity index (χ3n) is 5.03. The number of rotatable bonds is 9. The summed E-state index contributed by atoms with van der Waals surface area (Å²) in [5, 5.41) is 1.41. The van der Waals surface area contributed by atoms with Crippen molar-refractivity contribution in [2.75, 3.05) is 32.0 Å². The average Bonchev–Trinajstić information content (AvgIpc) is 2.82. The molecule has 1 N–H and O–H groups in total. The highest BCUT2D eigenvalue weighted by atomic mass is 32.2. The number of anilines is 1. The molecular weight excluding hydrogens is 586 g/mol. The van der Waals surface area contributed by atoms with E-state index in [1.165, 1.54) is 49.9 Å². The first-order valence-corrected chi connectivity index (χ1v) is 14.4. The maximum atomic E-state index is 14.8. The van der Waals surface area contributed by atoms with Crippen LogP contribution in [0.1, 0.15) is 0 Å². The maximum absolute atomic E-state index is 14.8. The quantitative estimate of drug-likeness (QED) is 0.278. The van der Waals surface area contributed by atoms with Crippen LogP contribution in [0.4, 0.5) is 23.2 Å². The smallest absolute Gasteiger partial charge is 0.471 e. The first-order chi connectivity index (χ1) is 18.4. The number of ether oxygens (including phenoxy) is 2. The summed E-state index contributed by atoms with van der Waals surface area (Å²) in [6, 6.07) is 9.64. The van der Waals surface area contributed by atoms with Crippen LogP contribution >= 0.6 is 0 Å². The molecular formula is C24H21F4NO9S2. The second-order valence-corrected chi connectivity index (χ2v) is 11.3. The lowest BCUT2D eigenvalue weighted by Crippen LogP contribution is -2.30. The topological polar surface area (TPSA) is 134 Å². The van der Waals surface area contributed by atoms with E-state index in [9.17, 15) is 39.2 Å². The summed E-state index contributed by atoms with van der Waals surface area (Å²) in [4.78, 5) is 11.2. The van der Waals surface area contributed by atoms with Crippen LogP contribution < -0.4 is 23.2 Å². The first-order valence-electron chi connectivity index (χ1n) is 10.8. The van der Waals surface area contributed by atoms with Gasteiger partial charge < -0.3 is 23.2 Å². The van der Waals surface area contributed by atoms with E-state index < -0.39 is 49.6 Å². The van der Waals surface area contributed by atoms with Crippen molar-refractivity contribution in [3.05, 3.63) is 54.3 Å². The van der Waals surface area contributed by atoms with E-state index in [-0.39, 0.29) is 33.9 Å². The van der Waals surface area contributed by atoms with E-state index in [1.54, 1.807) is 0 Å². The summed E-state index contributed by atoms with van der Waals surface area (Å²) in [6.45, 7) is 0. The van der Waals surface area contributed by atoms with E-state index in [2.05, 4.69) is 0 Å². The van der Waals surface area contributed by atoms with E-state index in [0.29, 0.717) is 5.56 Å². The Morgan fingerprint density at radius 3 is 1.85 bits per heavy atom. The van der Waals surface area contributed by atoms with Gasteiger partial charge >= 0.3 is 32.3 Å². The lowest BCUT2D eigenvalue weighted by atomic mass is 9.96. The molecule has 0 aliphatic heterocycles. The molecule has 16 heteroatoms. The molecule has 0 spiro atoms. The Labute approximate surface area is 226 Å². The molecule has 3 rings (SSSR count). The SMILES string of the molecule is COc1cc(-c2ccc(OS(C)(=O)=O)cc2)c(OC)c(OS(C)(=O)=O)c1-c1ccc(NC(=O)C(F)(F)F)c(F)c1. The molecule has 0 aliphatic rings. The number of carbonyl (C=O) groups excluding carboxylic acids is 1. The fourth-order valence-corrected chi connectivity index (χ4v) is 4.45. The van der Waals surface area contributed by atoms with Crippen LogP contribution in [0.2, 0.25) is 0 Å². The highest BCUT2D eigenvalue weighted by Crippen LogP contribution is 2.51. The number of carbonyl (C=O) groups is 1. The number of hydrogen-bond donors (Lipinski definition) is 1.